The van der Waals surface area contributed by atoms with Gasteiger partial charge in [0, 0.05) is 15.4 Å². The number of hydrogen-bond acceptors (Lipinski definition) is 3. The van der Waals surface area contributed by atoms with Crippen LogP contribution in [0.3, 0.4) is 0 Å². The predicted octanol–water partition coefficient (Wildman–Crippen LogP) is 5.57. The van der Waals surface area contributed by atoms with Crippen LogP contribution >= 0.6 is 15.9 Å². The normalized spacial score (nSPS) is 11.1. The van der Waals surface area contributed by atoms with Crippen molar-refractivity contribution in [1.82, 2.24) is 10.4 Å². The van der Waals surface area contributed by atoms with Gasteiger partial charge in [0.2, 0.25) is 0 Å². The van der Waals surface area contributed by atoms with E-state index in [0.29, 0.717) is 22.2 Å². The monoisotopic (exact) mass is 447 g/mol. The molecule has 0 aliphatic carbocycles. The number of nitrogens with zero attached hydrogens (tertiary/aromatic N) is 2. The van der Waals surface area contributed by atoms with Crippen molar-refractivity contribution in [3.05, 3.63) is 100 Å². The molecule has 0 fully saturated rings. The van der Waals surface area contributed by atoms with Crippen LogP contribution in [0.25, 0.3) is 22.2 Å². The van der Waals surface area contributed by atoms with E-state index < -0.39 is 0 Å². The molecule has 29 heavy (non-hydrogen) atoms. The Kier molecular flexibility index (Phi) is 5.44. The number of rotatable bonds is 4. The van der Waals surface area contributed by atoms with E-state index in [9.17, 15) is 9.18 Å². The lowest BCUT2D eigenvalue weighted by Crippen LogP contribution is -2.18. The summed E-state index contributed by atoms with van der Waals surface area (Å²) in [7, 11) is 0. The third kappa shape index (κ3) is 4.38. The second kappa shape index (κ2) is 8.32. The van der Waals surface area contributed by atoms with Gasteiger partial charge in [0.1, 0.15) is 5.82 Å². The summed E-state index contributed by atoms with van der Waals surface area (Å²) in [6.45, 7) is 0. The molecule has 1 aromatic heterocycles. The first-order valence-electron chi connectivity index (χ1n) is 8.85. The molecule has 6 heteroatoms. The van der Waals surface area contributed by atoms with Crippen LogP contribution in [0.2, 0.25) is 0 Å². The maximum atomic E-state index is 13.3. The van der Waals surface area contributed by atoms with E-state index in [0.717, 1.165) is 15.6 Å². The van der Waals surface area contributed by atoms with Crippen LogP contribution in [0, 0.1) is 5.82 Å². The molecule has 4 nitrogen and oxygen atoms in total. The highest BCUT2D eigenvalue weighted by atomic mass is 79.9. The van der Waals surface area contributed by atoms with Crippen molar-refractivity contribution in [1.29, 1.82) is 0 Å². The highest BCUT2D eigenvalue weighted by Gasteiger charge is 2.13. The van der Waals surface area contributed by atoms with Crippen molar-refractivity contribution in [2.75, 3.05) is 0 Å². The Morgan fingerprint density at radius 1 is 1.00 bits per heavy atom. The van der Waals surface area contributed by atoms with Gasteiger partial charge < -0.3 is 0 Å². The van der Waals surface area contributed by atoms with Crippen LogP contribution in [0.1, 0.15) is 15.9 Å². The van der Waals surface area contributed by atoms with Gasteiger partial charge in [0.05, 0.1) is 23.0 Å². The summed E-state index contributed by atoms with van der Waals surface area (Å²) in [5, 5.41) is 4.78. The van der Waals surface area contributed by atoms with Gasteiger partial charge in [0.15, 0.2) is 0 Å². The van der Waals surface area contributed by atoms with Gasteiger partial charge >= 0.3 is 0 Å². The molecule has 0 spiro atoms. The SMILES string of the molecule is O=C(NN=Cc1cccc(Br)c1)c1cc(-c2ccc(F)cc2)nc2ccccc12. The number of benzene rings is 3. The van der Waals surface area contributed by atoms with Crippen molar-refractivity contribution in [3.63, 3.8) is 0 Å². The zero-order chi connectivity index (χ0) is 20.2. The van der Waals surface area contributed by atoms with Crippen molar-refractivity contribution < 1.29 is 9.18 Å². The van der Waals surface area contributed by atoms with E-state index in [1.165, 1.54) is 12.1 Å². The average molecular weight is 448 g/mol. The van der Waals surface area contributed by atoms with Gasteiger partial charge in [-0.1, -0.05) is 46.3 Å². The molecular formula is C23H15BrFN3O. The minimum atomic E-state index is -0.349. The molecule has 0 unspecified atom stereocenters. The molecule has 142 valence electrons. The number of amides is 1. The molecule has 4 aromatic rings. The van der Waals surface area contributed by atoms with Gasteiger partial charge in [-0.25, -0.2) is 14.8 Å². The van der Waals surface area contributed by atoms with Crippen LogP contribution in [-0.2, 0) is 0 Å². The first kappa shape index (κ1) is 19.0. The summed E-state index contributed by atoms with van der Waals surface area (Å²) in [5.74, 6) is -0.674. The van der Waals surface area contributed by atoms with Crippen molar-refractivity contribution in [3.8, 4) is 11.3 Å². The van der Waals surface area contributed by atoms with Crippen LogP contribution in [0.5, 0.6) is 0 Å². The molecular weight excluding hydrogens is 433 g/mol. The summed E-state index contributed by atoms with van der Waals surface area (Å²) in [5.41, 5.74) is 5.86. The lowest BCUT2D eigenvalue weighted by molar-refractivity contribution is 0.0956. The summed E-state index contributed by atoms with van der Waals surface area (Å²) < 4.78 is 14.2. The van der Waals surface area contributed by atoms with E-state index in [-0.39, 0.29) is 11.7 Å². The largest absolute Gasteiger partial charge is 0.272 e. The van der Waals surface area contributed by atoms with E-state index in [2.05, 4.69) is 31.4 Å². The maximum absolute atomic E-state index is 13.3. The van der Waals surface area contributed by atoms with E-state index in [1.807, 2.05) is 48.5 Å². The Labute approximate surface area is 175 Å². The maximum Gasteiger partial charge on any atom is 0.272 e. The smallest absolute Gasteiger partial charge is 0.267 e. The summed E-state index contributed by atoms with van der Waals surface area (Å²) in [6, 6.07) is 22.7. The van der Waals surface area contributed by atoms with Crippen LogP contribution in [-0.4, -0.2) is 17.1 Å². The zero-order valence-corrected chi connectivity index (χ0v) is 16.7. The number of fused-ring (bicyclic) bond motifs is 1. The van der Waals surface area contributed by atoms with E-state index >= 15 is 0 Å². The predicted molar refractivity (Wildman–Crippen MR) is 116 cm³/mol. The number of nitrogens with one attached hydrogen (secondary N) is 1. The zero-order valence-electron chi connectivity index (χ0n) is 15.1. The number of pyridine rings is 1. The number of halogens is 2. The minimum absolute atomic E-state index is 0.325. The second-order valence-electron chi connectivity index (χ2n) is 6.33. The van der Waals surface area contributed by atoms with Crippen LogP contribution in [0.15, 0.2) is 88.4 Å². The van der Waals surface area contributed by atoms with Crippen LogP contribution in [0.4, 0.5) is 4.39 Å². The fourth-order valence-corrected chi connectivity index (χ4v) is 3.36. The number of hydrazone groups is 1. The molecule has 0 aliphatic rings. The average Bonchev–Trinajstić information content (AvgIpc) is 2.73. The lowest BCUT2D eigenvalue weighted by Gasteiger charge is -2.09. The molecule has 0 saturated heterocycles. The third-order valence-electron chi connectivity index (χ3n) is 4.33. The topological polar surface area (TPSA) is 54.4 Å². The highest BCUT2D eigenvalue weighted by Crippen LogP contribution is 2.25. The third-order valence-corrected chi connectivity index (χ3v) is 4.82. The van der Waals surface area contributed by atoms with Gasteiger partial charge in [-0.15, -0.1) is 0 Å². The summed E-state index contributed by atoms with van der Waals surface area (Å²) >= 11 is 3.40. The molecule has 0 radical (unpaired) electrons. The Bertz CT molecular complexity index is 1220. The van der Waals surface area contributed by atoms with Crippen molar-refractivity contribution in [2.45, 2.75) is 0 Å². The molecule has 0 atom stereocenters. The molecule has 0 bridgehead atoms. The molecule has 0 aliphatic heterocycles. The summed E-state index contributed by atoms with van der Waals surface area (Å²) in [6.07, 6.45) is 1.58. The Hall–Kier alpha value is -3.38. The standard InChI is InChI=1S/C23H15BrFN3O/c24-17-5-3-4-15(12-17)14-26-28-23(29)20-13-22(16-8-10-18(25)11-9-16)27-21-7-2-1-6-19(20)21/h1-14H,(H,28,29). The Morgan fingerprint density at radius 2 is 1.79 bits per heavy atom. The molecule has 1 heterocycles. The Balaban J connectivity index is 1.68. The van der Waals surface area contributed by atoms with Gasteiger partial charge in [-0.2, -0.15) is 5.10 Å². The molecule has 3 aromatic carbocycles. The van der Waals surface area contributed by atoms with Gasteiger partial charge in [-0.3, -0.25) is 4.79 Å². The van der Waals surface area contributed by atoms with Crippen LogP contribution < -0.4 is 5.43 Å². The Morgan fingerprint density at radius 3 is 2.59 bits per heavy atom. The number of hydrogen-bond donors (Lipinski definition) is 1. The van der Waals surface area contributed by atoms with Gasteiger partial charge in [-0.05, 0) is 54.1 Å². The fraction of sp³-hybridized carbons (Fsp3) is 0. The number of carbonyl (C=O) groups is 1. The molecule has 1 amide bonds. The first-order valence-corrected chi connectivity index (χ1v) is 9.64. The quantitative estimate of drug-likeness (QED) is 0.328. The molecule has 4 rings (SSSR count). The van der Waals surface area contributed by atoms with Gasteiger partial charge in [0.25, 0.3) is 5.91 Å². The molecule has 0 saturated carbocycles. The second-order valence-corrected chi connectivity index (χ2v) is 7.25. The highest BCUT2D eigenvalue weighted by molar-refractivity contribution is 9.10. The van der Waals surface area contributed by atoms with E-state index in [1.54, 1.807) is 24.4 Å². The first-order chi connectivity index (χ1) is 14.1. The number of para-hydroxylation sites is 1. The van der Waals surface area contributed by atoms with E-state index in [4.69, 9.17) is 0 Å². The minimum Gasteiger partial charge on any atom is -0.267 e. The van der Waals surface area contributed by atoms with Crippen molar-refractivity contribution >= 4 is 39.0 Å². The molecule has 1 N–H and O–H groups in total. The summed E-state index contributed by atoms with van der Waals surface area (Å²) in [4.78, 5) is 17.4. The lowest BCUT2D eigenvalue weighted by atomic mass is 10.0. The number of aromatic nitrogens is 1. The number of carbonyl (C=O) groups excluding carboxylic acids is 1. The van der Waals surface area contributed by atoms with Crippen molar-refractivity contribution in [2.24, 2.45) is 5.10 Å². The fourth-order valence-electron chi connectivity index (χ4n) is 2.94.